The zero-order chi connectivity index (χ0) is 18.4. The van der Waals surface area contributed by atoms with Gasteiger partial charge in [-0.1, -0.05) is 0 Å². The lowest BCUT2D eigenvalue weighted by atomic mass is 10.1. The molecule has 8 nitrogen and oxygen atoms in total. The number of nitrogens with one attached hydrogen (secondary N) is 1. The molecule has 8 heteroatoms. The van der Waals surface area contributed by atoms with Gasteiger partial charge >= 0.3 is 0 Å². The molecule has 2 amide bonds. The van der Waals surface area contributed by atoms with Crippen molar-refractivity contribution in [2.24, 2.45) is 16.5 Å². The average Bonchev–Trinajstić information content (AvgIpc) is 3.07. The molecule has 2 aromatic rings. The minimum Gasteiger partial charge on any atom is -0.370 e. The Labute approximate surface area is 146 Å². The molecule has 0 aliphatic carbocycles. The average molecular weight is 342 g/mol. The third kappa shape index (κ3) is 5.18. The highest BCUT2D eigenvalue weighted by Crippen LogP contribution is 2.16. The van der Waals surface area contributed by atoms with Crippen molar-refractivity contribution in [2.75, 3.05) is 27.2 Å². The minimum atomic E-state index is -0.601. The first-order chi connectivity index (χ1) is 11.9. The van der Waals surface area contributed by atoms with E-state index < -0.39 is 5.91 Å². The second-order valence-corrected chi connectivity index (χ2v) is 5.76. The van der Waals surface area contributed by atoms with Crippen LogP contribution in [-0.2, 0) is 0 Å². The summed E-state index contributed by atoms with van der Waals surface area (Å²) in [4.78, 5) is 30.1. The zero-order valence-electron chi connectivity index (χ0n) is 14.3. The van der Waals surface area contributed by atoms with Crippen LogP contribution in [0.3, 0.4) is 0 Å². The van der Waals surface area contributed by atoms with E-state index in [-0.39, 0.29) is 17.4 Å². The van der Waals surface area contributed by atoms with E-state index in [0.717, 1.165) is 0 Å². The summed E-state index contributed by atoms with van der Waals surface area (Å²) < 4.78 is 1.79. The molecule has 25 heavy (non-hydrogen) atoms. The van der Waals surface area contributed by atoms with Crippen molar-refractivity contribution < 1.29 is 9.59 Å². The Kier molecular flexibility index (Phi) is 5.91. The second-order valence-electron chi connectivity index (χ2n) is 5.76. The number of rotatable bonds is 6. The van der Waals surface area contributed by atoms with Crippen LogP contribution in [0.2, 0.25) is 0 Å². The number of aliphatic imine (C=N–C) groups is 1. The molecule has 0 spiro atoms. The fraction of sp³-hybridized carbons (Fsp3) is 0.235. The number of nitrogens with two attached hydrogens (primary N) is 2. The van der Waals surface area contributed by atoms with E-state index in [9.17, 15) is 9.59 Å². The summed E-state index contributed by atoms with van der Waals surface area (Å²) >= 11 is 0. The van der Waals surface area contributed by atoms with Gasteiger partial charge in [0, 0.05) is 42.3 Å². The Morgan fingerprint density at radius 2 is 1.76 bits per heavy atom. The molecule has 132 valence electrons. The highest BCUT2D eigenvalue weighted by atomic mass is 16.2. The van der Waals surface area contributed by atoms with Crippen molar-refractivity contribution in [3.8, 4) is 5.69 Å². The van der Waals surface area contributed by atoms with Crippen LogP contribution < -0.4 is 16.8 Å². The molecule has 0 radical (unpaired) electrons. The molecule has 5 N–H and O–H groups in total. The molecule has 0 fully saturated rings. The van der Waals surface area contributed by atoms with Crippen LogP contribution in [0.5, 0.6) is 0 Å². The van der Waals surface area contributed by atoms with E-state index in [2.05, 4.69) is 10.3 Å². The van der Waals surface area contributed by atoms with Crippen molar-refractivity contribution in [1.82, 2.24) is 14.8 Å². The SMILES string of the molecule is CN(C)CCNC(=O)c1cc(C(=O)N=C(N)N)cc(-n2cccc2)c1. The molecule has 1 aromatic carbocycles. The van der Waals surface area contributed by atoms with Crippen LogP contribution in [0.1, 0.15) is 20.7 Å². The van der Waals surface area contributed by atoms with Crippen molar-refractivity contribution in [3.05, 3.63) is 53.9 Å². The molecular weight excluding hydrogens is 320 g/mol. The van der Waals surface area contributed by atoms with E-state index in [1.165, 1.54) is 6.07 Å². The molecule has 0 aliphatic heterocycles. The topological polar surface area (TPSA) is 119 Å². The first kappa shape index (κ1) is 18.2. The summed E-state index contributed by atoms with van der Waals surface area (Å²) in [6.45, 7) is 1.21. The molecule has 1 aromatic heterocycles. The number of aromatic nitrogens is 1. The third-order valence-electron chi connectivity index (χ3n) is 3.40. The highest BCUT2D eigenvalue weighted by Gasteiger charge is 2.13. The number of hydrogen-bond acceptors (Lipinski definition) is 3. The number of carbonyl (C=O) groups is 2. The van der Waals surface area contributed by atoms with E-state index in [1.807, 2.05) is 43.5 Å². The number of amides is 2. The van der Waals surface area contributed by atoms with E-state index in [1.54, 1.807) is 16.7 Å². The Morgan fingerprint density at radius 1 is 1.12 bits per heavy atom. The predicted octanol–water partition coefficient (Wildman–Crippen LogP) is 0.182. The van der Waals surface area contributed by atoms with Gasteiger partial charge in [0.2, 0.25) is 0 Å². The van der Waals surface area contributed by atoms with Crippen LogP contribution in [0.4, 0.5) is 0 Å². The van der Waals surface area contributed by atoms with Gasteiger partial charge in [0.05, 0.1) is 0 Å². The lowest BCUT2D eigenvalue weighted by Crippen LogP contribution is -2.31. The van der Waals surface area contributed by atoms with Crippen LogP contribution in [0.25, 0.3) is 5.69 Å². The Balaban J connectivity index is 2.35. The van der Waals surface area contributed by atoms with Crippen molar-refractivity contribution in [1.29, 1.82) is 0 Å². The monoisotopic (exact) mass is 342 g/mol. The molecule has 0 atom stereocenters. The highest BCUT2D eigenvalue weighted by molar-refractivity contribution is 6.04. The standard InChI is InChI=1S/C17H22N6O2/c1-22(2)8-5-20-15(24)12-9-13(16(25)21-17(18)19)11-14(10-12)23-6-3-4-7-23/h3-4,6-7,9-11H,5,8H2,1-2H3,(H,20,24)(H4,18,19,21,25). The third-order valence-corrected chi connectivity index (χ3v) is 3.40. The smallest absolute Gasteiger partial charge is 0.280 e. The molecule has 1 heterocycles. The van der Waals surface area contributed by atoms with E-state index >= 15 is 0 Å². The lowest BCUT2D eigenvalue weighted by molar-refractivity contribution is 0.0951. The van der Waals surface area contributed by atoms with Crippen LogP contribution in [-0.4, -0.2) is 54.4 Å². The van der Waals surface area contributed by atoms with Gasteiger partial charge in [0.1, 0.15) is 0 Å². The molecule has 0 saturated carbocycles. The number of hydrogen-bond donors (Lipinski definition) is 3. The maximum Gasteiger partial charge on any atom is 0.280 e. The quantitative estimate of drug-likeness (QED) is 0.511. The predicted molar refractivity (Wildman–Crippen MR) is 96.8 cm³/mol. The lowest BCUT2D eigenvalue weighted by Gasteiger charge is -2.12. The molecular formula is C17H22N6O2. The van der Waals surface area contributed by atoms with Crippen LogP contribution in [0, 0.1) is 0 Å². The van der Waals surface area contributed by atoms with Gasteiger partial charge in [-0.25, -0.2) is 0 Å². The van der Waals surface area contributed by atoms with Gasteiger partial charge in [0.25, 0.3) is 11.8 Å². The maximum atomic E-state index is 12.4. The summed E-state index contributed by atoms with van der Waals surface area (Å²) in [6.07, 6.45) is 3.63. The summed E-state index contributed by atoms with van der Waals surface area (Å²) in [5.74, 6) is -1.20. The van der Waals surface area contributed by atoms with E-state index in [4.69, 9.17) is 11.5 Å². The van der Waals surface area contributed by atoms with Crippen molar-refractivity contribution in [3.63, 3.8) is 0 Å². The second kappa shape index (κ2) is 8.11. The van der Waals surface area contributed by atoms with Gasteiger partial charge in [-0.3, -0.25) is 9.59 Å². The molecule has 0 bridgehead atoms. The van der Waals surface area contributed by atoms with Crippen molar-refractivity contribution >= 4 is 17.8 Å². The van der Waals surface area contributed by atoms with Crippen LogP contribution >= 0.6 is 0 Å². The van der Waals surface area contributed by atoms with Crippen LogP contribution in [0.15, 0.2) is 47.7 Å². The van der Waals surface area contributed by atoms with Gasteiger partial charge in [-0.15, -0.1) is 0 Å². The van der Waals surface area contributed by atoms with Gasteiger partial charge in [-0.2, -0.15) is 4.99 Å². The van der Waals surface area contributed by atoms with E-state index in [0.29, 0.717) is 24.3 Å². The maximum absolute atomic E-state index is 12.4. The fourth-order valence-corrected chi connectivity index (χ4v) is 2.20. The number of nitrogens with zero attached hydrogens (tertiary/aromatic N) is 3. The van der Waals surface area contributed by atoms with Crippen molar-refractivity contribution in [2.45, 2.75) is 0 Å². The number of carbonyl (C=O) groups excluding carboxylic acids is 2. The first-order valence-electron chi connectivity index (χ1n) is 7.72. The number of guanidine groups is 1. The Morgan fingerprint density at radius 3 is 2.36 bits per heavy atom. The number of likely N-dealkylation sites (N-methyl/N-ethyl adjacent to an activating group) is 1. The normalized spacial score (nSPS) is 10.5. The fourth-order valence-electron chi connectivity index (χ4n) is 2.20. The summed E-state index contributed by atoms with van der Waals surface area (Å²) in [7, 11) is 3.84. The van der Waals surface area contributed by atoms with Gasteiger partial charge < -0.3 is 26.3 Å². The zero-order valence-corrected chi connectivity index (χ0v) is 14.3. The minimum absolute atomic E-state index is 0.234. The summed E-state index contributed by atoms with van der Waals surface area (Å²) in [5, 5.41) is 2.82. The Hall–Kier alpha value is -3.13. The van der Waals surface area contributed by atoms with Gasteiger partial charge in [0.15, 0.2) is 5.96 Å². The first-order valence-corrected chi connectivity index (χ1v) is 7.72. The summed E-state index contributed by atoms with van der Waals surface area (Å²) in [5.41, 5.74) is 11.8. The number of benzene rings is 1. The van der Waals surface area contributed by atoms with Gasteiger partial charge in [-0.05, 0) is 44.4 Å². The Bertz CT molecular complexity index is 776. The largest absolute Gasteiger partial charge is 0.370 e. The molecule has 0 unspecified atom stereocenters. The molecule has 0 saturated heterocycles. The summed E-state index contributed by atoms with van der Waals surface area (Å²) in [6, 6.07) is 8.51. The molecule has 0 aliphatic rings. The molecule has 2 rings (SSSR count).